The molecule has 3 saturated heterocycles. The van der Waals surface area contributed by atoms with Crippen LogP contribution in [-0.2, 0) is 33.3 Å². The van der Waals surface area contributed by atoms with Crippen molar-refractivity contribution in [1.82, 2.24) is 0 Å². The average molecular weight is 453 g/mol. The fourth-order valence-electron chi connectivity index (χ4n) is 5.31. The van der Waals surface area contributed by atoms with Crippen molar-refractivity contribution >= 4 is 17.9 Å². The third kappa shape index (κ3) is 5.01. The second-order valence-corrected chi connectivity index (χ2v) is 10.2. The van der Waals surface area contributed by atoms with Crippen LogP contribution in [0.5, 0.6) is 0 Å². The Bertz CT molecular complexity index is 789. The molecule has 0 aromatic rings. The van der Waals surface area contributed by atoms with Crippen LogP contribution in [0.1, 0.15) is 79.6 Å². The highest BCUT2D eigenvalue weighted by Crippen LogP contribution is 2.45. The Kier molecular flexibility index (Phi) is 6.78. The Labute approximate surface area is 189 Å². The highest BCUT2D eigenvalue weighted by molar-refractivity contribution is 5.89. The van der Waals surface area contributed by atoms with Gasteiger partial charge in [0.25, 0.3) is 0 Å². The van der Waals surface area contributed by atoms with Crippen LogP contribution in [-0.4, -0.2) is 58.1 Å². The topological polar surface area (TPSA) is 108 Å². The number of hydrogen-bond donors (Lipinski definition) is 1. The minimum Gasteiger partial charge on any atom is -0.459 e. The van der Waals surface area contributed by atoms with Gasteiger partial charge in [-0.15, -0.1) is 0 Å². The van der Waals surface area contributed by atoms with Crippen LogP contribution < -0.4 is 0 Å². The first-order chi connectivity index (χ1) is 14.8. The molecule has 0 aromatic carbocycles. The van der Waals surface area contributed by atoms with Crippen LogP contribution in [0.15, 0.2) is 12.2 Å². The van der Waals surface area contributed by atoms with E-state index in [2.05, 4.69) is 6.58 Å². The van der Waals surface area contributed by atoms with E-state index in [1.165, 1.54) is 13.8 Å². The normalized spacial score (nSPS) is 42.7. The summed E-state index contributed by atoms with van der Waals surface area (Å²) < 4.78 is 23.5. The van der Waals surface area contributed by atoms with Gasteiger partial charge >= 0.3 is 17.9 Å². The minimum atomic E-state index is -1.21. The lowest BCUT2D eigenvalue weighted by Gasteiger charge is -2.39. The molecule has 3 rings (SSSR count). The van der Waals surface area contributed by atoms with E-state index in [-0.39, 0.29) is 12.3 Å². The summed E-state index contributed by atoms with van der Waals surface area (Å²) in [5, 5.41) is 11.3. The maximum Gasteiger partial charge on any atom is 0.334 e. The van der Waals surface area contributed by atoms with Crippen LogP contribution >= 0.6 is 0 Å². The van der Waals surface area contributed by atoms with Gasteiger partial charge in [-0.25, -0.2) is 4.79 Å². The smallest absolute Gasteiger partial charge is 0.334 e. The number of carbonyl (C=O) groups is 3. The predicted octanol–water partition coefficient (Wildman–Crippen LogP) is 2.99. The van der Waals surface area contributed by atoms with Gasteiger partial charge in [-0.3, -0.25) is 9.59 Å². The summed E-state index contributed by atoms with van der Waals surface area (Å²) in [6, 6.07) is 0. The molecule has 0 amide bonds. The Morgan fingerprint density at radius 1 is 0.969 bits per heavy atom. The van der Waals surface area contributed by atoms with Gasteiger partial charge < -0.3 is 24.1 Å². The first kappa shape index (κ1) is 24.7. The fourth-order valence-corrected chi connectivity index (χ4v) is 5.31. The molecule has 3 fully saturated rings. The SMILES string of the molecule is C=C1C(=O)O[C@]2(C)CC[C@@H]1C[C@H](OC(C)=O)[C@@]1(C)CC[C@@H](O1)[C@](C)(O)CC[C@H]2OC(C)=O. The number of carbonyl (C=O) groups excluding carboxylic acids is 3. The average Bonchev–Trinajstić information content (AvgIpc) is 3.05. The first-order valence-electron chi connectivity index (χ1n) is 11.4. The van der Waals surface area contributed by atoms with Crippen LogP contribution in [0.3, 0.4) is 0 Å². The number of fused-ring (bicyclic) bond motifs is 5. The lowest BCUT2D eigenvalue weighted by Crippen LogP contribution is -2.49. The molecule has 0 radical (unpaired) electrons. The molecule has 0 unspecified atom stereocenters. The highest BCUT2D eigenvalue weighted by Gasteiger charge is 2.53. The Hall–Kier alpha value is -1.93. The lowest BCUT2D eigenvalue weighted by atomic mass is 9.79. The van der Waals surface area contributed by atoms with Crippen molar-refractivity contribution in [3.8, 4) is 0 Å². The predicted molar refractivity (Wildman–Crippen MR) is 114 cm³/mol. The van der Waals surface area contributed by atoms with Gasteiger partial charge in [-0.2, -0.15) is 0 Å². The van der Waals surface area contributed by atoms with Gasteiger partial charge in [0.1, 0.15) is 23.4 Å². The van der Waals surface area contributed by atoms with Crippen molar-refractivity contribution in [2.45, 2.75) is 115 Å². The van der Waals surface area contributed by atoms with Crippen LogP contribution in [0.25, 0.3) is 0 Å². The Balaban J connectivity index is 2.04. The van der Waals surface area contributed by atoms with Gasteiger partial charge in [0.2, 0.25) is 0 Å². The Morgan fingerprint density at radius 3 is 2.19 bits per heavy atom. The van der Waals surface area contributed by atoms with E-state index in [0.29, 0.717) is 44.1 Å². The van der Waals surface area contributed by atoms with Crippen molar-refractivity contribution in [2.75, 3.05) is 0 Å². The summed E-state index contributed by atoms with van der Waals surface area (Å²) in [4.78, 5) is 36.7. The summed E-state index contributed by atoms with van der Waals surface area (Å²) >= 11 is 0. The molecule has 3 aliphatic heterocycles. The summed E-state index contributed by atoms with van der Waals surface area (Å²) in [6.07, 6.45) is 1.32. The van der Waals surface area contributed by atoms with Crippen LogP contribution in [0, 0.1) is 5.92 Å². The molecule has 0 aromatic heterocycles. The van der Waals surface area contributed by atoms with Gasteiger partial charge in [0, 0.05) is 19.4 Å². The van der Waals surface area contributed by atoms with Crippen molar-refractivity contribution in [3.05, 3.63) is 12.2 Å². The molecule has 8 nitrogen and oxygen atoms in total. The van der Waals surface area contributed by atoms with E-state index in [1.54, 1.807) is 13.8 Å². The van der Waals surface area contributed by atoms with E-state index >= 15 is 0 Å². The zero-order chi connectivity index (χ0) is 23.9. The molecular formula is C24H36O8. The second-order valence-electron chi connectivity index (χ2n) is 10.2. The van der Waals surface area contributed by atoms with Crippen molar-refractivity contribution in [1.29, 1.82) is 0 Å². The van der Waals surface area contributed by atoms with Gasteiger partial charge in [0.05, 0.1) is 11.7 Å². The van der Waals surface area contributed by atoms with E-state index in [9.17, 15) is 19.5 Å². The van der Waals surface area contributed by atoms with Crippen LogP contribution in [0.4, 0.5) is 0 Å². The van der Waals surface area contributed by atoms with E-state index in [0.717, 1.165) is 0 Å². The van der Waals surface area contributed by atoms with E-state index in [1.807, 2.05) is 6.92 Å². The third-order valence-electron chi connectivity index (χ3n) is 7.47. The Morgan fingerprint density at radius 2 is 1.56 bits per heavy atom. The fraction of sp³-hybridized carbons (Fsp3) is 0.792. The molecule has 32 heavy (non-hydrogen) atoms. The van der Waals surface area contributed by atoms with Crippen molar-refractivity contribution in [3.63, 3.8) is 0 Å². The van der Waals surface area contributed by atoms with Crippen molar-refractivity contribution < 1.29 is 38.4 Å². The molecule has 0 spiro atoms. The minimum absolute atomic E-state index is 0.279. The molecule has 7 atom stereocenters. The molecule has 1 N–H and O–H groups in total. The van der Waals surface area contributed by atoms with Gasteiger partial charge in [-0.1, -0.05) is 6.58 Å². The van der Waals surface area contributed by atoms with E-state index in [4.69, 9.17) is 18.9 Å². The number of hydrogen-bond acceptors (Lipinski definition) is 8. The summed E-state index contributed by atoms with van der Waals surface area (Å²) in [7, 11) is 0. The van der Waals surface area contributed by atoms with Gasteiger partial charge in [0.15, 0.2) is 0 Å². The maximum atomic E-state index is 12.9. The molecule has 3 aliphatic rings. The molecular weight excluding hydrogens is 416 g/mol. The second kappa shape index (κ2) is 8.78. The molecule has 4 bridgehead atoms. The zero-order valence-electron chi connectivity index (χ0n) is 19.8. The molecule has 3 heterocycles. The monoisotopic (exact) mass is 452 g/mol. The lowest BCUT2D eigenvalue weighted by molar-refractivity contribution is -0.191. The first-order valence-corrected chi connectivity index (χ1v) is 11.4. The van der Waals surface area contributed by atoms with Gasteiger partial charge in [-0.05, 0) is 71.6 Å². The third-order valence-corrected chi connectivity index (χ3v) is 7.47. The number of ether oxygens (including phenoxy) is 4. The molecule has 0 aliphatic carbocycles. The number of rotatable bonds is 2. The number of aliphatic hydroxyl groups is 1. The quantitative estimate of drug-likeness (QED) is 0.387. The summed E-state index contributed by atoms with van der Waals surface area (Å²) in [5.41, 5.74) is -2.76. The van der Waals surface area contributed by atoms with Crippen molar-refractivity contribution in [2.24, 2.45) is 5.92 Å². The van der Waals surface area contributed by atoms with Crippen LogP contribution in [0.2, 0.25) is 0 Å². The molecule has 180 valence electrons. The summed E-state index contributed by atoms with van der Waals surface area (Å²) in [5.74, 6) is -1.74. The zero-order valence-corrected chi connectivity index (χ0v) is 19.8. The molecule has 8 heteroatoms. The largest absolute Gasteiger partial charge is 0.459 e. The van der Waals surface area contributed by atoms with E-state index < -0.39 is 53.0 Å². The highest BCUT2D eigenvalue weighted by atomic mass is 16.6. The molecule has 0 saturated carbocycles. The summed E-state index contributed by atoms with van der Waals surface area (Å²) in [6.45, 7) is 12.0. The maximum absolute atomic E-state index is 12.9. The standard InChI is InChI=1S/C24H36O8/c1-14-17-7-11-23(5,32-21(14)27)19(29-15(2)25)8-10-22(4,28)18-9-12-24(6,31-18)20(13-17)30-16(3)26/h17-20,28H,1,7-13H2,2-6H3/t17-,18-,19-,20+,22-,23-,24-/m1/s1. The number of esters is 3.